The van der Waals surface area contributed by atoms with E-state index in [1.54, 1.807) is 22.8 Å². The number of carbonyl (C=O) groups excluding carboxylic acids is 2. The number of halogens is 5. The second-order valence-electron chi connectivity index (χ2n) is 9.29. The van der Waals surface area contributed by atoms with E-state index < -0.39 is 29.8 Å². The van der Waals surface area contributed by atoms with Crippen LogP contribution < -0.4 is 10.2 Å². The number of hydrogen-bond acceptors (Lipinski definition) is 5. The van der Waals surface area contributed by atoms with Gasteiger partial charge in [-0.05, 0) is 48.0 Å². The first-order valence-corrected chi connectivity index (χ1v) is 12.3. The van der Waals surface area contributed by atoms with Gasteiger partial charge in [0.15, 0.2) is 5.65 Å². The molecular weight excluding hydrogens is 540 g/mol. The van der Waals surface area contributed by atoms with Crippen molar-refractivity contribution < 1.29 is 27.2 Å². The number of hydrogen-bond donors (Lipinski definition) is 1. The maximum atomic E-state index is 14.2. The molecule has 0 aliphatic carbocycles. The zero-order valence-corrected chi connectivity index (χ0v) is 20.8. The molecule has 2 aliphatic heterocycles. The number of alkyl halides is 3. The Hall–Kier alpha value is -4.19. The van der Waals surface area contributed by atoms with Crippen molar-refractivity contribution in [2.45, 2.75) is 12.2 Å². The van der Waals surface area contributed by atoms with Crippen molar-refractivity contribution >= 4 is 34.7 Å². The molecule has 2 aliphatic rings. The number of piperazine rings is 1. The fraction of sp³-hybridized carbons (Fsp3) is 0.231. The van der Waals surface area contributed by atoms with Crippen LogP contribution in [0, 0.1) is 5.82 Å². The SMILES string of the molecule is O=C1NC(c2cc(F)ccc2Cl)c2c1cc(-c1ccc3ncnn3c1)cc2N1CCN(C(=O)C(F)(F)F)CC1. The molecule has 4 aromatic rings. The van der Waals surface area contributed by atoms with Crippen LogP contribution in [0.3, 0.4) is 0 Å². The quantitative estimate of drug-likeness (QED) is 0.381. The second kappa shape index (κ2) is 9.23. The highest BCUT2D eigenvalue weighted by Crippen LogP contribution is 2.43. The minimum absolute atomic E-state index is 0.0949. The predicted octanol–water partition coefficient (Wildman–Crippen LogP) is 4.23. The summed E-state index contributed by atoms with van der Waals surface area (Å²) < 4.78 is 54.8. The third-order valence-electron chi connectivity index (χ3n) is 6.99. The third-order valence-corrected chi connectivity index (χ3v) is 7.34. The molecule has 2 aromatic heterocycles. The number of pyridine rings is 1. The molecule has 1 N–H and O–H groups in total. The molecule has 0 bridgehead atoms. The van der Waals surface area contributed by atoms with Crippen LogP contribution in [0.4, 0.5) is 23.2 Å². The van der Waals surface area contributed by atoms with Crippen LogP contribution in [0.5, 0.6) is 0 Å². The van der Waals surface area contributed by atoms with Crippen molar-refractivity contribution in [3.05, 3.63) is 82.5 Å². The van der Waals surface area contributed by atoms with Gasteiger partial charge in [0.05, 0.1) is 6.04 Å². The van der Waals surface area contributed by atoms with Gasteiger partial charge in [-0.1, -0.05) is 11.6 Å². The highest BCUT2D eigenvalue weighted by Gasteiger charge is 2.44. The monoisotopic (exact) mass is 558 g/mol. The van der Waals surface area contributed by atoms with Crippen molar-refractivity contribution in [2.75, 3.05) is 31.1 Å². The third kappa shape index (κ3) is 4.44. The summed E-state index contributed by atoms with van der Waals surface area (Å²) in [7, 11) is 0. The molecule has 13 heteroatoms. The van der Waals surface area contributed by atoms with E-state index in [1.807, 2.05) is 17.0 Å². The lowest BCUT2D eigenvalue weighted by molar-refractivity contribution is -0.185. The Morgan fingerprint density at radius 1 is 1.03 bits per heavy atom. The lowest BCUT2D eigenvalue weighted by Crippen LogP contribution is -2.52. The Morgan fingerprint density at radius 2 is 1.79 bits per heavy atom. The number of benzene rings is 2. The van der Waals surface area contributed by atoms with Crippen LogP contribution >= 0.6 is 11.6 Å². The van der Waals surface area contributed by atoms with E-state index in [1.165, 1.54) is 24.5 Å². The van der Waals surface area contributed by atoms with Gasteiger partial charge in [0.1, 0.15) is 12.1 Å². The van der Waals surface area contributed by atoms with E-state index in [2.05, 4.69) is 15.4 Å². The van der Waals surface area contributed by atoms with Crippen molar-refractivity contribution in [3.8, 4) is 11.1 Å². The number of amides is 2. The van der Waals surface area contributed by atoms with Crippen LogP contribution in [0.1, 0.15) is 27.5 Å². The van der Waals surface area contributed by atoms with Gasteiger partial charge < -0.3 is 15.1 Å². The van der Waals surface area contributed by atoms with Crippen molar-refractivity contribution in [2.24, 2.45) is 0 Å². The van der Waals surface area contributed by atoms with Crippen LogP contribution in [0.25, 0.3) is 16.8 Å². The van der Waals surface area contributed by atoms with Crippen LogP contribution in [-0.2, 0) is 4.79 Å². The summed E-state index contributed by atoms with van der Waals surface area (Å²) in [5.74, 6) is -2.81. The van der Waals surface area contributed by atoms with Gasteiger partial charge in [-0.3, -0.25) is 9.59 Å². The number of aromatic nitrogens is 3. The Bertz CT molecular complexity index is 1630. The average Bonchev–Trinajstić information content (AvgIpc) is 3.52. The van der Waals surface area contributed by atoms with E-state index in [0.717, 1.165) is 10.5 Å². The van der Waals surface area contributed by atoms with Gasteiger partial charge in [-0.2, -0.15) is 18.3 Å². The topological polar surface area (TPSA) is 82.8 Å². The molecule has 0 radical (unpaired) electrons. The molecule has 1 atom stereocenters. The van der Waals surface area contributed by atoms with E-state index in [-0.39, 0.29) is 31.2 Å². The van der Waals surface area contributed by atoms with Crippen LogP contribution in [0.15, 0.2) is 55.0 Å². The van der Waals surface area contributed by atoms with Gasteiger partial charge in [0, 0.05) is 65.3 Å². The van der Waals surface area contributed by atoms with Crippen molar-refractivity contribution in [1.29, 1.82) is 0 Å². The lowest BCUT2D eigenvalue weighted by Gasteiger charge is -2.37. The van der Waals surface area contributed by atoms with Gasteiger partial charge >= 0.3 is 12.1 Å². The number of anilines is 1. The predicted molar refractivity (Wildman–Crippen MR) is 134 cm³/mol. The standard InChI is InChI=1S/C26H19ClF4N6O2/c27-19-3-2-16(28)11-17(19)23-22-18(24(38)34-23)9-15(14-1-4-21-32-13-33-37(21)12-14)10-20(22)35-5-7-36(8-6-35)25(39)26(29,30)31/h1-4,9-13,23H,5-8H2,(H,34,38). The van der Waals surface area contributed by atoms with Gasteiger partial charge in [0.2, 0.25) is 0 Å². The highest BCUT2D eigenvalue weighted by atomic mass is 35.5. The van der Waals surface area contributed by atoms with Crippen LogP contribution in [0.2, 0.25) is 5.02 Å². The second-order valence-corrected chi connectivity index (χ2v) is 9.69. The first-order chi connectivity index (χ1) is 18.6. The summed E-state index contributed by atoms with van der Waals surface area (Å²) in [4.78, 5) is 31.7. The van der Waals surface area contributed by atoms with Crippen LogP contribution in [-0.4, -0.2) is 63.7 Å². The molecule has 200 valence electrons. The van der Waals surface area contributed by atoms with Crippen molar-refractivity contribution in [1.82, 2.24) is 24.8 Å². The molecule has 0 spiro atoms. The molecule has 6 rings (SSSR count). The number of rotatable bonds is 3. The summed E-state index contributed by atoms with van der Waals surface area (Å²) in [5.41, 5.74) is 3.81. The molecule has 8 nitrogen and oxygen atoms in total. The molecule has 2 amide bonds. The average molecular weight is 559 g/mol. The first-order valence-electron chi connectivity index (χ1n) is 11.9. The Labute approximate surface area is 223 Å². The zero-order chi connectivity index (χ0) is 27.5. The van der Waals surface area contributed by atoms with Gasteiger partial charge in [-0.15, -0.1) is 0 Å². The molecule has 1 saturated heterocycles. The molecule has 4 heterocycles. The molecular formula is C26H19ClF4N6O2. The smallest absolute Gasteiger partial charge is 0.368 e. The van der Waals surface area contributed by atoms with Gasteiger partial charge in [-0.25, -0.2) is 13.9 Å². The lowest BCUT2D eigenvalue weighted by atomic mass is 9.92. The molecule has 2 aromatic carbocycles. The zero-order valence-electron chi connectivity index (χ0n) is 20.0. The summed E-state index contributed by atoms with van der Waals surface area (Å²) in [6.45, 7) is -0.126. The molecule has 1 fully saturated rings. The van der Waals surface area contributed by atoms with E-state index in [4.69, 9.17) is 11.6 Å². The van der Waals surface area contributed by atoms with Crippen molar-refractivity contribution in [3.63, 3.8) is 0 Å². The fourth-order valence-electron chi connectivity index (χ4n) is 5.12. The Balaban J connectivity index is 1.46. The number of nitrogens with one attached hydrogen (secondary N) is 1. The summed E-state index contributed by atoms with van der Waals surface area (Å²) in [5, 5.41) is 7.28. The Kier molecular flexibility index (Phi) is 5.94. The maximum absolute atomic E-state index is 14.2. The maximum Gasteiger partial charge on any atom is 0.471 e. The first kappa shape index (κ1) is 25.1. The number of carbonyl (C=O) groups is 2. The highest BCUT2D eigenvalue weighted by molar-refractivity contribution is 6.31. The summed E-state index contributed by atoms with van der Waals surface area (Å²) >= 11 is 6.40. The minimum atomic E-state index is -4.96. The normalized spacial score (nSPS) is 17.5. The summed E-state index contributed by atoms with van der Waals surface area (Å²) in [6, 6.07) is 10.2. The Morgan fingerprint density at radius 3 is 2.54 bits per heavy atom. The largest absolute Gasteiger partial charge is 0.471 e. The molecule has 39 heavy (non-hydrogen) atoms. The van der Waals surface area contributed by atoms with E-state index in [9.17, 15) is 27.2 Å². The number of fused-ring (bicyclic) bond motifs is 2. The minimum Gasteiger partial charge on any atom is -0.368 e. The molecule has 1 unspecified atom stereocenters. The van der Waals surface area contributed by atoms with E-state index in [0.29, 0.717) is 33.6 Å². The number of nitrogens with zero attached hydrogens (tertiary/aromatic N) is 5. The fourth-order valence-corrected chi connectivity index (χ4v) is 5.35. The molecule has 0 saturated carbocycles. The summed E-state index contributed by atoms with van der Waals surface area (Å²) in [6.07, 6.45) is -1.80. The van der Waals surface area contributed by atoms with Gasteiger partial charge in [0.25, 0.3) is 5.91 Å². The van der Waals surface area contributed by atoms with E-state index >= 15 is 0 Å².